The average molecular weight is 837 g/mol. The van der Waals surface area contributed by atoms with Crippen LogP contribution < -0.4 is 0 Å². The maximum atomic E-state index is 12.7. The van der Waals surface area contributed by atoms with Crippen molar-refractivity contribution in [3.63, 3.8) is 0 Å². The molecule has 6 heteroatoms. The summed E-state index contributed by atoms with van der Waals surface area (Å²) in [6.07, 6.45) is 60.7. The zero-order valence-electron chi connectivity index (χ0n) is 39.2. The third-order valence-electron chi connectivity index (χ3n) is 10.5. The first kappa shape index (κ1) is 56.9. The minimum absolute atomic E-state index is 0.0981. The zero-order valence-corrected chi connectivity index (χ0v) is 39.2. The molecule has 344 valence electrons. The van der Waals surface area contributed by atoms with Crippen molar-refractivity contribution >= 4 is 17.9 Å². The molecule has 1 unspecified atom stereocenters. The number of ether oxygens (including phenoxy) is 3. The zero-order chi connectivity index (χ0) is 43.7. The summed E-state index contributed by atoms with van der Waals surface area (Å²) < 4.78 is 16.6. The van der Waals surface area contributed by atoms with Crippen molar-refractivity contribution in [3.05, 3.63) is 72.9 Å². The quantitative estimate of drug-likeness (QED) is 0.0263. The van der Waals surface area contributed by atoms with Crippen LogP contribution in [0, 0.1) is 0 Å². The molecule has 0 fully saturated rings. The van der Waals surface area contributed by atoms with Gasteiger partial charge in [-0.1, -0.05) is 216 Å². The second-order valence-corrected chi connectivity index (χ2v) is 16.4. The van der Waals surface area contributed by atoms with E-state index in [9.17, 15) is 14.4 Å². The van der Waals surface area contributed by atoms with Gasteiger partial charge < -0.3 is 14.2 Å². The number of rotatable bonds is 44. The van der Waals surface area contributed by atoms with Gasteiger partial charge in [-0.3, -0.25) is 14.4 Å². The van der Waals surface area contributed by atoms with E-state index >= 15 is 0 Å². The topological polar surface area (TPSA) is 78.9 Å². The predicted molar refractivity (Wildman–Crippen MR) is 256 cm³/mol. The molecule has 0 N–H and O–H groups in total. The molecule has 0 aromatic heterocycles. The van der Waals surface area contributed by atoms with Crippen molar-refractivity contribution in [3.8, 4) is 0 Å². The van der Waals surface area contributed by atoms with E-state index in [2.05, 4.69) is 81.5 Å². The molecule has 0 spiro atoms. The third-order valence-corrected chi connectivity index (χ3v) is 10.5. The molecule has 0 aliphatic carbocycles. The highest BCUT2D eigenvalue weighted by atomic mass is 16.6. The summed E-state index contributed by atoms with van der Waals surface area (Å²) in [6, 6.07) is 0. The van der Waals surface area contributed by atoms with Crippen LogP contribution in [0.1, 0.15) is 233 Å². The Morgan fingerprint density at radius 2 is 0.700 bits per heavy atom. The van der Waals surface area contributed by atoms with E-state index in [1.54, 1.807) is 6.08 Å². The Bertz CT molecular complexity index is 1140. The van der Waals surface area contributed by atoms with Gasteiger partial charge in [0.15, 0.2) is 6.10 Å². The first-order valence-corrected chi connectivity index (χ1v) is 24.9. The van der Waals surface area contributed by atoms with Crippen LogP contribution >= 0.6 is 0 Å². The molecule has 0 aromatic rings. The lowest BCUT2D eigenvalue weighted by atomic mass is 10.1. The molecule has 0 aliphatic heterocycles. The van der Waals surface area contributed by atoms with Crippen molar-refractivity contribution in [2.75, 3.05) is 13.2 Å². The van der Waals surface area contributed by atoms with Crippen LogP contribution in [0.25, 0.3) is 0 Å². The Balaban J connectivity index is 4.39. The average Bonchev–Trinajstić information content (AvgIpc) is 3.24. The summed E-state index contributed by atoms with van der Waals surface area (Å²) in [5.74, 6) is -1.05. The largest absolute Gasteiger partial charge is 0.462 e. The van der Waals surface area contributed by atoms with Crippen molar-refractivity contribution in [1.82, 2.24) is 0 Å². The molecule has 6 nitrogen and oxygen atoms in total. The fraction of sp³-hybridized carbons (Fsp3) is 0.722. The monoisotopic (exact) mass is 837 g/mol. The molecule has 0 radical (unpaired) electrons. The maximum absolute atomic E-state index is 12.7. The minimum Gasteiger partial charge on any atom is -0.462 e. The van der Waals surface area contributed by atoms with Crippen molar-refractivity contribution in [2.45, 2.75) is 239 Å². The van der Waals surface area contributed by atoms with Crippen LogP contribution in [0.3, 0.4) is 0 Å². The second kappa shape index (κ2) is 48.5. The van der Waals surface area contributed by atoms with Gasteiger partial charge in [-0.2, -0.15) is 0 Å². The van der Waals surface area contributed by atoms with Crippen molar-refractivity contribution < 1.29 is 28.6 Å². The van der Waals surface area contributed by atoms with Gasteiger partial charge in [0, 0.05) is 12.8 Å². The molecular formula is C54H92O6. The number of hydrogen-bond acceptors (Lipinski definition) is 6. The van der Waals surface area contributed by atoms with Crippen LogP contribution in [0.5, 0.6) is 0 Å². The molecule has 1 atom stereocenters. The van der Waals surface area contributed by atoms with E-state index in [4.69, 9.17) is 14.2 Å². The number of allylic oxidation sites excluding steroid dienone is 11. The molecule has 0 rings (SSSR count). The number of carbonyl (C=O) groups is 3. The van der Waals surface area contributed by atoms with Crippen LogP contribution in [0.2, 0.25) is 0 Å². The Hall–Kier alpha value is -3.15. The molecule has 0 aromatic carbocycles. The highest BCUT2D eigenvalue weighted by molar-refractivity contribution is 5.72. The molecule has 0 amide bonds. The molecule has 0 saturated heterocycles. The summed E-state index contributed by atoms with van der Waals surface area (Å²) in [5.41, 5.74) is 0. The van der Waals surface area contributed by atoms with E-state index < -0.39 is 12.1 Å². The number of unbranched alkanes of at least 4 members (excludes halogenated alkanes) is 22. The number of carbonyl (C=O) groups excluding carboxylic acids is 3. The van der Waals surface area contributed by atoms with Crippen LogP contribution in [-0.4, -0.2) is 37.2 Å². The normalized spacial score (nSPS) is 12.7. The van der Waals surface area contributed by atoms with E-state index in [1.165, 1.54) is 122 Å². The van der Waals surface area contributed by atoms with Crippen LogP contribution in [0.15, 0.2) is 72.9 Å². The third kappa shape index (κ3) is 45.9. The van der Waals surface area contributed by atoms with Gasteiger partial charge in [0.2, 0.25) is 0 Å². The molecule has 60 heavy (non-hydrogen) atoms. The lowest BCUT2D eigenvalue weighted by Gasteiger charge is -2.18. The fourth-order valence-corrected chi connectivity index (χ4v) is 6.75. The van der Waals surface area contributed by atoms with Gasteiger partial charge in [-0.25, -0.2) is 0 Å². The fourth-order valence-electron chi connectivity index (χ4n) is 6.75. The highest BCUT2D eigenvalue weighted by Crippen LogP contribution is 2.14. The first-order valence-electron chi connectivity index (χ1n) is 24.9. The van der Waals surface area contributed by atoms with E-state index in [0.717, 1.165) is 70.6 Å². The van der Waals surface area contributed by atoms with Gasteiger partial charge >= 0.3 is 17.9 Å². The van der Waals surface area contributed by atoms with Gasteiger partial charge in [-0.15, -0.1) is 0 Å². The van der Waals surface area contributed by atoms with E-state index in [1.807, 2.05) is 6.08 Å². The molecule has 0 saturated carbocycles. The minimum atomic E-state index is -0.826. The SMILES string of the molecule is CC/C=C\C/C=C\C/C=C\C/C=C\C/C=C\CC(=O)OC(COC(=O)CCCCCCCCCC)COC(=O)CCCCCCCCCCC/C=C\CCCCCCCC. The van der Waals surface area contributed by atoms with Crippen molar-refractivity contribution in [2.24, 2.45) is 0 Å². The standard InChI is InChI=1S/C54H92O6/c1-4-7-10-13-16-19-21-23-25-26-27-28-30-31-33-35-38-41-44-47-53(56)59-50-51(49-58-52(55)46-43-40-37-18-15-12-9-6-3)60-54(57)48-45-42-39-36-34-32-29-24-22-20-17-14-11-8-5-2/h8,11,17,20,23-25,29,34,36,42,45,51H,4-7,9-10,12-16,18-19,21-22,26-28,30-33,35,37-41,43-44,46-50H2,1-3H3/b11-8-,20-17-,25-23-,29-24-,36-34-,45-42-. The predicted octanol–water partition coefficient (Wildman–Crippen LogP) is 16.3. The Labute approximate surface area is 370 Å². The lowest BCUT2D eigenvalue weighted by molar-refractivity contribution is -0.166. The smallest absolute Gasteiger partial charge is 0.310 e. The van der Waals surface area contributed by atoms with Crippen LogP contribution in [-0.2, 0) is 28.6 Å². The second-order valence-electron chi connectivity index (χ2n) is 16.4. The summed E-state index contributed by atoms with van der Waals surface area (Å²) in [5, 5.41) is 0. The highest BCUT2D eigenvalue weighted by Gasteiger charge is 2.19. The summed E-state index contributed by atoms with van der Waals surface area (Å²) >= 11 is 0. The number of esters is 3. The lowest BCUT2D eigenvalue weighted by Crippen LogP contribution is -2.30. The van der Waals surface area contributed by atoms with E-state index in [0.29, 0.717) is 12.8 Å². The Morgan fingerprint density at radius 3 is 1.08 bits per heavy atom. The molecular weight excluding hydrogens is 745 g/mol. The van der Waals surface area contributed by atoms with Gasteiger partial charge in [-0.05, 0) is 70.6 Å². The van der Waals surface area contributed by atoms with Crippen molar-refractivity contribution in [1.29, 1.82) is 0 Å². The molecule has 0 bridgehead atoms. The van der Waals surface area contributed by atoms with E-state index in [-0.39, 0.29) is 31.6 Å². The maximum Gasteiger partial charge on any atom is 0.310 e. The first-order chi connectivity index (χ1) is 29.5. The molecule has 0 aliphatic rings. The Kier molecular flexibility index (Phi) is 46.0. The number of hydrogen-bond donors (Lipinski definition) is 0. The summed E-state index contributed by atoms with van der Waals surface area (Å²) in [4.78, 5) is 37.7. The van der Waals surface area contributed by atoms with Gasteiger partial charge in [0.05, 0.1) is 6.42 Å². The summed E-state index contributed by atoms with van der Waals surface area (Å²) in [6.45, 7) is 6.40. The molecule has 0 heterocycles. The van der Waals surface area contributed by atoms with Gasteiger partial charge in [0.25, 0.3) is 0 Å². The van der Waals surface area contributed by atoms with Gasteiger partial charge in [0.1, 0.15) is 13.2 Å². The summed E-state index contributed by atoms with van der Waals surface area (Å²) in [7, 11) is 0. The Morgan fingerprint density at radius 1 is 0.367 bits per heavy atom. The van der Waals surface area contributed by atoms with Crippen LogP contribution in [0.4, 0.5) is 0 Å².